The van der Waals surface area contributed by atoms with Crippen molar-refractivity contribution < 1.29 is 13.5 Å². The van der Waals surface area contributed by atoms with Gasteiger partial charge in [0.2, 0.25) is 5.82 Å². The topological polar surface area (TPSA) is 110 Å². The van der Waals surface area contributed by atoms with Crippen molar-refractivity contribution in [3.05, 3.63) is 95.1 Å². The lowest BCUT2D eigenvalue weighted by Crippen LogP contribution is -2.12. The van der Waals surface area contributed by atoms with Gasteiger partial charge in [0.05, 0.1) is 18.0 Å². The lowest BCUT2D eigenvalue weighted by molar-refractivity contribution is 0.282. The molecule has 0 aliphatic rings. The highest BCUT2D eigenvalue weighted by molar-refractivity contribution is 7.90. The van der Waals surface area contributed by atoms with Crippen LogP contribution < -0.4 is 5.32 Å². The first-order valence-electron chi connectivity index (χ1n) is 10.5. The van der Waals surface area contributed by atoms with Crippen LogP contribution >= 0.6 is 0 Å². The van der Waals surface area contributed by atoms with E-state index >= 15 is 0 Å². The summed E-state index contributed by atoms with van der Waals surface area (Å²) in [5, 5.41) is 25.4. The zero-order chi connectivity index (χ0) is 23.3. The highest BCUT2D eigenvalue weighted by atomic mass is 32.2. The Labute approximate surface area is 192 Å². The molecule has 33 heavy (non-hydrogen) atoms. The molecule has 0 aliphatic carbocycles. The molecule has 0 bridgehead atoms. The van der Waals surface area contributed by atoms with Gasteiger partial charge in [-0.2, -0.15) is 4.80 Å². The van der Waals surface area contributed by atoms with E-state index in [1.807, 2.05) is 60.7 Å². The Bertz CT molecular complexity index is 1320. The number of aromatic nitrogens is 4. The first-order valence-corrected chi connectivity index (χ1v) is 12.4. The summed E-state index contributed by atoms with van der Waals surface area (Å²) in [4.78, 5) is 1.87. The standard InChI is InChI=1S/C24H25N5O3S/c1-33(31,32)23-11-9-18(10-12-23)14-25-15-21-3-2-4-22(13-21)24-26-28-29(27-24)16-19-5-7-20(17-30)8-6-19/h2-13,25,30H,14-17H2,1H3. The van der Waals surface area contributed by atoms with Crippen LogP contribution in [0.15, 0.2) is 77.7 Å². The SMILES string of the molecule is CS(=O)(=O)c1ccc(CNCc2cccc(-c3nnn(Cc4ccc(CO)cc4)n3)c2)cc1. The van der Waals surface area contributed by atoms with Crippen molar-refractivity contribution in [2.45, 2.75) is 31.1 Å². The predicted octanol–water partition coefficient (Wildman–Crippen LogP) is 2.57. The minimum absolute atomic E-state index is 0.0205. The summed E-state index contributed by atoms with van der Waals surface area (Å²) in [6, 6.07) is 22.5. The summed E-state index contributed by atoms with van der Waals surface area (Å²) in [5.41, 5.74) is 4.86. The normalized spacial score (nSPS) is 11.6. The number of hydrogen-bond acceptors (Lipinski definition) is 7. The zero-order valence-electron chi connectivity index (χ0n) is 18.2. The maximum absolute atomic E-state index is 11.6. The monoisotopic (exact) mass is 463 g/mol. The quantitative estimate of drug-likeness (QED) is 0.393. The molecule has 0 radical (unpaired) electrons. The summed E-state index contributed by atoms with van der Waals surface area (Å²) in [7, 11) is -3.18. The van der Waals surface area contributed by atoms with Crippen LogP contribution in [0.25, 0.3) is 11.4 Å². The smallest absolute Gasteiger partial charge is 0.204 e. The van der Waals surface area contributed by atoms with E-state index in [0.717, 1.165) is 27.8 Å². The van der Waals surface area contributed by atoms with Gasteiger partial charge in [-0.05, 0) is 45.7 Å². The van der Waals surface area contributed by atoms with Crippen LogP contribution in [0.5, 0.6) is 0 Å². The number of nitrogens with zero attached hydrogens (tertiary/aromatic N) is 4. The Morgan fingerprint density at radius 2 is 1.55 bits per heavy atom. The number of rotatable bonds is 9. The lowest BCUT2D eigenvalue weighted by atomic mass is 10.1. The van der Waals surface area contributed by atoms with Crippen LogP contribution in [0.2, 0.25) is 0 Å². The highest BCUT2D eigenvalue weighted by Gasteiger charge is 2.08. The molecular weight excluding hydrogens is 438 g/mol. The van der Waals surface area contributed by atoms with Gasteiger partial charge in [-0.1, -0.05) is 54.6 Å². The molecule has 170 valence electrons. The molecule has 0 unspecified atom stereocenters. The predicted molar refractivity (Wildman–Crippen MR) is 125 cm³/mol. The van der Waals surface area contributed by atoms with E-state index in [9.17, 15) is 8.42 Å². The number of sulfone groups is 1. The average molecular weight is 464 g/mol. The second kappa shape index (κ2) is 10.0. The Hall–Kier alpha value is -3.40. The first-order chi connectivity index (χ1) is 15.9. The summed E-state index contributed by atoms with van der Waals surface area (Å²) >= 11 is 0. The van der Waals surface area contributed by atoms with Crippen molar-refractivity contribution in [3.63, 3.8) is 0 Å². The van der Waals surface area contributed by atoms with Crippen molar-refractivity contribution in [1.29, 1.82) is 0 Å². The van der Waals surface area contributed by atoms with E-state index in [-0.39, 0.29) is 6.61 Å². The fourth-order valence-corrected chi connectivity index (χ4v) is 4.00. The molecule has 1 aromatic heterocycles. The van der Waals surface area contributed by atoms with Gasteiger partial charge < -0.3 is 10.4 Å². The number of hydrogen-bond donors (Lipinski definition) is 2. The van der Waals surface area contributed by atoms with Gasteiger partial charge in [0.15, 0.2) is 9.84 Å². The third-order valence-electron chi connectivity index (χ3n) is 5.18. The molecule has 4 aromatic rings. The number of nitrogens with one attached hydrogen (secondary N) is 1. The van der Waals surface area contributed by atoms with Gasteiger partial charge in [0.25, 0.3) is 0 Å². The fraction of sp³-hybridized carbons (Fsp3) is 0.208. The third kappa shape index (κ3) is 6.10. The molecule has 1 heterocycles. The molecule has 0 aliphatic heterocycles. The molecule has 0 spiro atoms. The number of benzene rings is 3. The largest absolute Gasteiger partial charge is 0.392 e. The maximum atomic E-state index is 11.6. The summed E-state index contributed by atoms with van der Waals surface area (Å²) in [6.07, 6.45) is 1.20. The van der Waals surface area contributed by atoms with Gasteiger partial charge in [-0.3, -0.25) is 0 Å². The molecule has 2 N–H and O–H groups in total. The van der Waals surface area contributed by atoms with Gasteiger partial charge in [-0.15, -0.1) is 10.2 Å². The first kappa shape index (κ1) is 22.8. The summed E-state index contributed by atoms with van der Waals surface area (Å²) < 4.78 is 23.1. The van der Waals surface area contributed by atoms with E-state index < -0.39 is 9.84 Å². The number of aliphatic hydroxyl groups is 1. The molecule has 0 fully saturated rings. The van der Waals surface area contributed by atoms with Crippen LogP contribution in [0, 0.1) is 0 Å². The van der Waals surface area contributed by atoms with Crippen LogP contribution in [0.4, 0.5) is 0 Å². The van der Waals surface area contributed by atoms with E-state index in [1.165, 1.54) is 6.26 Å². The van der Waals surface area contributed by atoms with Crippen LogP contribution in [0.1, 0.15) is 22.3 Å². The van der Waals surface area contributed by atoms with Crippen molar-refractivity contribution in [2.24, 2.45) is 0 Å². The van der Waals surface area contributed by atoms with Crippen molar-refractivity contribution in [3.8, 4) is 11.4 Å². The van der Waals surface area contributed by atoms with Crippen LogP contribution in [-0.2, 0) is 36.1 Å². The third-order valence-corrected chi connectivity index (χ3v) is 6.31. The fourth-order valence-electron chi connectivity index (χ4n) is 3.37. The Morgan fingerprint density at radius 1 is 0.879 bits per heavy atom. The molecule has 0 amide bonds. The second-order valence-electron chi connectivity index (χ2n) is 7.84. The maximum Gasteiger partial charge on any atom is 0.204 e. The summed E-state index contributed by atoms with van der Waals surface area (Å²) in [5.74, 6) is 0.556. The van der Waals surface area contributed by atoms with Gasteiger partial charge >= 0.3 is 0 Å². The van der Waals surface area contributed by atoms with E-state index in [4.69, 9.17) is 5.11 Å². The van der Waals surface area contributed by atoms with Crippen LogP contribution in [0.3, 0.4) is 0 Å². The van der Waals surface area contributed by atoms with Crippen LogP contribution in [-0.4, -0.2) is 40.0 Å². The second-order valence-corrected chi connectivity index (χ2v) is 9.85. The molecular formula is C24H25N5O3S. The number of tetrazole rings is 1. The molecule has 4 rings (SSSR count). The molecule has 9 heteroatoms. The van der Waals surface area contributed by atoms with Crippen molar-refractivity contribution >= 4 is 9.84 Å². The van der Waals surface area contributed by atoms with Gasteiger partial charge in [0, 0.05) is 24.9 Å². The van der Waals surface area contributed by atoms with Crippen molar-refractivity contribution in [1.82, 2.24) is 25.5 Å². The van der Waals surface area contributed by atoms with E-state index in [2.05, 4.69) is 20.7 Å². The molecule has 3 aromatic carbocycles. The Morgan fingerprint density at radius 3 is 2.24 bits per heavy atom. The Balaban J connectivity index is 1.36. The molecule has 0 saturated carbocycles. The molecule has 0 saturated heterocycles. The van der Waals surface area contributed by atoms with E-state index in [0.29, 0.717) is 30.4 Å². The molecule has 0 atom stereocenters. The Kier molecular flexibility index (Phi) is 6.93. The minimum Gasteiger partial charge on any atom is -0.392 e. The average Bonchev–Trinajstić information content (AvgIpc) is 3.28. The highest BCUT2D eigenvalue weighted by Crippen LogP contribution is 2.16. The summed E-state index contributed by atoms with van der Waals surface area (Å²) in [6.45, 7) is 1.79. The van der Waals surface area contributed by atoms with E-state index in [1.54, 1.807) is 16.9 Å². The lowest BCUT2D eigenvalue weighted by Gasteiger charge is -2.07. The molecule has 8 nitrogen and oxygen atoms in total. The number of aliphatic hydroxyl groups excluding tert-OH is 1. The van der Waals surface area contributed by atoms with Crippen molar-refractivity contribution in [2.75, 3.05) is 6.26 Å². The van der Waals surface area contributed by atoms with Gasteiger partial charge in [0.1, 0.15) is 0 Å². The zero-order valence-corrected chi connectivity index (χ0v) is 19.0. The van der Waals surface area contributed by atoms with Gasteiger partial charge in [-0.25, -0.2) is 8.42 Å². The minimum atomic E-state index is -3.18.